The topological polar surface area (TPSA) is 3.24 Å². The molecular weight excluding hydrogens is 290 g/mol. The van der Waals surface area contributed by atoms with Gasteiger partial charge in [0.25, 0.3) is 0 Å². The average Bonchev–Trinajstić information content (AvgIpc) is 2.75. The molecule has 0 saturated carbocycles. The number of hydrogen-bond donors (Lipinski definition) is 0. The molecule has 21 heavy (non-hydrogen) atoms. The first-order valence-corrected chi connectivity index (χ1v) is 12.7. The van der Waals surface area contributed by atoms with E-state index in [9.17, 15) is 0 Å². The van der Waals surface area contributed by atoms with Gasteiger partial charge in [-0.15, -0.1) is 0 Å². The van der Waals surface area contributed by atoms with Crippen LogP contribution in [0.5, 0.6) is 0 Å². The summed E-state index contributed by atoms with van der Waals surface area (Å²) in [5.74, 6) is 0. The van der Waals surface area contributed by atoms with Crippen LogP contribution in [0.2, 0.25) is 10.5 Å². The second-order valence-corrected chi connectivity index (χ2v) is 10.7. The molecule has 2 heteroatoms. The summed E-state index contributed by atoms with van der Waals surface area (Å²) in [4.78, 5) is 2.45. The number of nitrogens with zero attached hydrogens (tertiary/aromatic N) is 1. The molecule has 0 bridgehead atoms. The third kappa shape index (κ3) is 2.99. The summed E-state index contributed by atoms with van der Waals surface area (Å²) in [7, 11) is 4.51. The minimum atomic E-state index is -1.12. The number of rotatable bonds is 7. The molecule has 121 valence electrons. The summed E-state index contributed by atoms with van der Waals surface area (Å²) in [6.07, 6.45) is 4.91. The Morgan fingerprint density at radius 3 is 1.76 bits per heavy atom. The normalized spacial score (nSPS) is 24.3. The number of allylic oxidation sites excluding steroid dienone is 2. The van der Waals surface area contributed by atoms with Crippen molar-refractivity contribution < 1.29 is 17.9 Å². The number of hydrogen-bond acceptors (Lipinski definition) is 1. The Kier molecular flexibility index (Phi) is 6.97. The fraction of sp³-hybridized carbons (Fsp3) is 0.789. The fourth-order valence-corrected chi connectivity index (χ4v) is 8.39. The van der Waals surface area contributed by atoms with Crippen LogP contribution in [0.15, 0.2) is 20.6 Å². The van der Waals surface area contributed by atoms with Crippen molar-refractivity contribution in [3.8, 4) is 0 Å². The van der Waals surface area contributed by atoms with E-state index in [1.165, 1.54) is 25.7 Å². The Morgan fingerprint density at radius 1 is 0.952 bits per heavy atom. The van der Waals surface area contributed by atoms with Crippen LogP contribution in [0.4, 0.5) is 0 Å². The molecule has 0 aromatic heterocycles. The second-order valence-electron chi connectivity index (χ2n) is 6.84. The Labute approximate surface area is 139 Å². The molecule has 2 atom stereocenters. The first-order valence-electron chi connectivity index (χ1n) is 8.76. The Hall–Kier alpha value is 0.154. The first-order chi connectivity index (χ1) is 9.83. The predicted molar refractivity (Wildman–Crippen MR) is 92.5 cm³/mol. The Balaban J connectivity index is 3.70. The maximum absolute atomic E-state index is 2.56. The summed E-state index contributed by atoms with van der Waals surface area (Å²) in [5, 5.41) is 5.12. The van der Waals surface area contributed by atoms with Crippen LogP contribution >= 0.6 is 0 Å². The van der Waals surface area contributed by atoms with Crippen LogP contribution in [-0.4, -0.2) is 25.0 Å². The van der Waals surface area contributed by atoms with Crippen molar-refractivity contribution in [1.29, 1.82) is 0 Å². The van der Waals surface area contributed by atoms with Gasteiger partial charge in [-0.05, 0) is 0 Å². The molecule has 0 radical (unpaired) electrons. The van der Waals surface area contributed by atoms with Crippen LogP contribution in [0, 0.1) is 5.41 Å². The molecule has 0 fully saturated rings. The summed E-state index contributed by atoms with van der Waals surface area (Å²) in [5.41, 5.74) is 5.58. The van der Waals surface area contributed by atoms with Crippen LogP contribution in [-0.2, 0) is 17.9 Å². The van der Waals surface area contributed by atoms with Crippen LogP contribution in [0.1, 0.15) is 60.3 Å². The first kappa shape index (κ1) is 19.2. The maximum atomic E-state index is 2.56. The third-order valence-electron chi connectivity index (χ3n) is 5.62. The molecule has 1 aliphatic carbocycles. The van der Waals surface area contributed by atoms with E-state index in [0.717, 1.165) is 0 Å². The molecular formula is C19H36NTi. The molecule has 0 amide bonds. The quantitative estimate of drug-likeness (QED) is 0.531. The van der Waals surface area contributed by atoms with E-state index in [4.69, 9.17) is 0 Å². The molecule has 0 aromatic rings. The molecule has 0 aromatic carbocycles. The SMILES string of the molecule is CCC1=C(CC)C(CC)(C(C)N(C)C)[C]([Ti]([CH3])[CH3])=C1CC. The molecule has 0 heterocycles. The summed E-state index contributed by atoms with van der Waals surface area (Å²) >= 11 is -1.12. The average molecular weight is 326 g/mol. The predicted octanol–water partition coefficient (Wildman–Crippen LogP) is 5.84. The van der Waals surface area contributed by atoms with Gasteiger partial charge in [0.1, 0.15) is 0 Å². The van der Waals surface area contributed by atoms with Gasteiger partial charge >= 0.3 is 140 Å². The van der Waals surface area contributed by atoms with Gasteiger partial charge in [0, 0.05) is 0 Å². The van der Waals surface area contributed by atoms with Gasteiger partial charge in [0.2, 0.25) is 0 Å². The van der Waals surface area contributed by atoms with E-state index in [1.54, 1.807) is 16.7 Å². The van der Waals surface area contributed by atoms with Crippen molar-refractivity contribution in [3.63, 3.8) is 0 Å². The van der Waals surface area contributed by atoms with E-state index in [0.29, 0.717) is 11.5 Å². The molecule has 2 unspecified atom stereocenters. The molecule has 0 spiro atoms. The second kappa shape index (κ2) is 7.62. The van der Waals surface area contributed by atoms with Gasteiger partial charge in [-0.2, -0.15) is 0 Å². The molecule has 0 saturated heterocycles. The molecule has 1 aliphatic rings. The van der Waals surface area contributed by atoms with E-state index in [2.05, 4.69) is 64.1 Å². The van der Waals surface area contributed by atoms with Gasteiger partial charge in [0.05, 0.1) is 0 Å². The van der Waals surface area contributed by atoms with Crippen molar-refractivity contribution in [2.24, 2.45) is 5.41 Å². The zero-order valence-corrected chi connectivity index (χ0v) is 17.4. The zero-order valence-electron chi connectivity index (χ0n) is 15.9. The minimum absolute atomic E-state index is 0.327. The summed E-state index contributed by atoms with van der Waals surface area (Å²) in [6, 6.07) is 0.598. The van der Waals surface area contributed by atoms with E-state index < -0.39 is 17.9 Å². The van der Waals surface area contributed by atoms with Crippen molar-refractivity contribution in [1.82, 2.24) is 4.90 Å². The molecule has 0 aliphatic heterocycles. The van der Waals surface area contributed by atoms with Crippen molar-refractivity contribution >= 4 is 0 Å². The van der Waals surface area contributed by atoms with Crippen molar-refractivity contribution in [2.45, 2.75) is 76.8 Å². The standard InChI is InChI=1S/C17H30N.2CH3.Ti/c1-8-14-12-17(11-4,13(5)18(6)7)16(10-3)15(14)9-2;;;/h13H,8-11H2,1-7H3;2*1H3;. The summed E-state index contributed by atoms with van der Waals surface area (Å²) in [6.45, 7) is 12.0. The van der Waals surface area contributed by atoms with Gasteiger partial charge in [-0.1, -0.05) is 0 Å². The van der Waals surface area contributed by atoms with Gasteiger partial charge in [-0.3, -0.25) is 0 Å². The van der Waals surface area contributed by atoms with Crippen molar-refractivity contribution in [2.75, 3.05) is 14.1 Å². The molecule has 1 nitrogen and oxygen atoms in total. The Bertz CT molecular complexity index is 431. The Morgan fingerprint density at radius 2 is 1.48 bits per heavy atom. The molecule has 0 N–H and O–H groups in total. The van der Waals surface area contributed by atoms with Gasteiger partial charge in [-0.25, -0.2) is 0 Å². The van der Waals surface area contributed by atoms with Crippen molar-refractivity contribution in [3.05, 3.63) is 20.6 Å². The van der Waals surface area contributed by atoms with E-state index >= 15 is 0 Å². The zero-order chi connectivity index (χ0) is 16.4. The van der Waals surface area contributed by atoms with Gasteiger partial charge in [0.15, 0.2) is 0 Å². The van der Waals surface area contributed by atoms with E-state index in [-0.39, 0.29) is 0 Å². The monoisotopic (exact) mass is 326 g/mol. The molecule has 1 rings (SSSR count). The van der Waals surface area contributed by atoms with Gasteiger partial charge < -0.3 is 0 Å². The van der Waals surface area contributed by atoms with Crippen LogP contribution in [0.25, 0.3) is 0 Å². The van der Waals surface area contributed by atoms with Crippen LogP contribution < -0.4 is 0 Å². The summed E-state index contributed by atoms with van der Waals surface area (Å²) < 4.78 is 1.91. The fourth-order valence-electron chi connectivity index (χ4n) is 4.70. The van der Waals surface area contributed by atoms with Crippen LogP contribution in [0.3, 0.4) is 0 Å². The third-order valence-corrected chi connectivity index (χ3v) is 8.35. The van der Waals surface area contributed by atoms with E-state index in [1.807, 2.05) is 3.88 Å².